The predicted molar refractivity (Wildman–Crippen MR) is 132 cm³/mol. The smallest absolute Gasteiger partial charge is 0.339 e. The van der Waals surface area contributed by atoms with Gasteiger partial charge in [0.2, 0.25) is 28.4 Å². The van der Waals surface area contributed by atoms with Crippen LogP contribution in [0, 0.1) is 6.92 Å². The normalized spacial score (nSPS) is 11.4. The fourth-order valence-electron chi connectivity index (χ4n) is 3.65. The van der Waals surface area contributed by atoms with E-state index in [9.17, 15) is 28.5 Å². The van der Waals surface area contributed by atoms with Crippen molar-refractivity contribution in [2.45, 2.75) is 11.8 Å². The van der Waals surface area contributed by atoms with Crippen LogP contribution in [-0.2, 0) is 10.1 Å². The third-order valence-corrected chi connectivity index (χ3v) is 6.77. The van der Waals surface area contributed by atoms with E-state index in [0.717, 1.165) is 5.56 Å². The highest BCUT2D eigenvalue weighted by Gasteiger charge is 2.28. The summed E-state index contributed by atoms with van der Waals surface area (Å²) in [4.78, 5) is 13.1. The van der Waals surface area contributed by atoms with Gasteiger partial charge < -0.3 is 38.1 Å². The molecule has 37 heavy (non-hydrogen) atoms. The van der Waals surface area contributed by atoms with Crippen molar-refractivity contribution in [1.82, 2.24) is 0 Å². The highest BCUT2D eigenvalue weighted by Crippen LogP contribution is 2.50. The molecule has 4 aromatic rings. The fraction of sp³-hybridized carbons (Fsp3) is 0.160. The molecule has 3 aromatic carbocycles. The first kappa shape index (κ1) is 25.5. The number of rotatable bonds is 7. The third-order valence-electron chi connectivity index (χ3n) is 5.52. The lowest BCUT2D eigenvalue weighted by Crippen LogP contribution is -2.11. The highest BCUT2D eigenvalue weighted by molar-refractivity contribution is 7.87. The van der Waals surface area contributed by atoms with Gasteiger partial charge in [-0.1, -0.05) is 17.7 Å². The molecule has 1 aromatic heterocycles. The lowest BCUT2D eigenvalue weighted by molar-refractivity contribution is 0.334. The molecule has 0 amide bonds. The van der Waals surface area contributed by atoms with E-state index in [4.69, 9.17) is 22.8 Å². The van der Waals surface area contributed by atoms with Crippen LogP contribution in [0.15, 0.2) is 56.6 Å². The maximum atomic E-state index is 13.2. The second-order valence-electron chi connectivity index (χ2n) is 7.79. The number of hydrogen-bond acceptors (Lipinski definition) is 11. The molecule has 0 spiro atoms. The zero-order valence-corrected chi connectivity index (χ0v) is 20.9. The molecule has 11 nitrogen and oxygen atoms in total. The van der Waals surface area contributed by atoms with E-state index in [1.54, 1.807) is 12.1 Å². The van der Waals surface area contributed by atoms with Gasteiger partial charge in [0.15, 0.2) is 28.6 Å². The van der Waals surface area contributed by atoms with E-state index in [0.29, 0.717) is 0 Å². The van der Waals surface area contributed by atoms with Gasteiger partial charge in [0, 0.05) is 5.56 Å². The summed E-state index contributed by atoms with van der Waals surface area (Å²) in [6.07, 6.45) is 0. The number of aromatic hydroxyl groups is 3. The van der Waals surface area contributed by atoms with Crippen LogP contribution in [-0.4, -0.2) is 45.1 Å². The number of ether oxygens (including phenoxy) is 3. The van der Waals surface area contributed by atoms with Crippen LogP contribution < -0.4 is 23.8 Å². The maximum Gasteiger partial charge on any atom is 0.339 e. The summed E-state index contributed by atoms with van der Waals surface area (Å²) in [5.74, 6) is -3.78. The molecule has 3 N–H and O–H groups in total. The SMILES string of the molecule is COc1cc(-c2oc3c(OC)c(O)c(O)c(O)c3c(=O)c2OC)ccc1OS(=O)(=O)c1ccc(C)cc1. The number of benzene rings is 3. The van der Waals surface area contributed by atoms with Gasteiger partial charge in [-0.15, -0.1) is 0 Å². The van der Waals surface area contributed by atoms with Gasteiger partial charge in [0.05, 0.1) is 21.3 Å². The molecule has 0 radical (unpaired) electrons. The average Bonchev–Trinajstić information content (AvgIpc) is 2.87. The minimum Gasteiger partial charge on any atom is -0.504 e. The Morgan fingerprint density at radius 3 is 2.03 bits per heavy atom. The first-order chi connectivity index (χ1) is 17.5. The molecule has 0 fully saturated rings. The van der Waals surface area contributed by atoms with Crippen LogP contribution in [0.2, 0.25) is 0 Å². The van der Waals surface area contributed by atoms with Crippen molar-refractivity contribution in [3.05, 3.63) is 58.3 Å². The largest absolute Gasteiger partial charge is 0.504 e. The maximum absolute atomic E-state index is 13.2. The topological polar surface area (TPSA) is 162 Å². The molecule has 0 bridgehead atoms. The Bertz CT molecular complexity index is 1670. The zero-order valence-electron chi connectivity index (χ0n) is 20.1. The Kier molecular flexibility index (Phi) is 6.53. The van der Waals surface area contributed by atoms with Crippen LogP contribution in [0.1, 0.15) is 5.56 Å². The number of phenols is 3. The zero-order chi connectivity index (χ0) is 27.1. The summed E-state index contributed by atoms with van der Waals surface area (Å²) >= 11 is 0. The molecule has 0 saturated carbocycles. The summed E-state index contributed by atoms with van der Waals surface area (Å²) < 4.78 is 52.2. The van der Waals surface area contributed by atoms with Gasteiger partial charge >= 0.3 is 10.1 Å². The van der Waals surface area contributed by atoms with Crippen molar-refractivity contribution in [3.8, 4) is 51.6 Å². The average molecular weight is 531 g/mol. The van der Waals surface area contributed by atoms with Crippen LogP contribution in [0.25, 0.3) is 22.3 Å². The quantitative estimate of drug-likeness (QED) is 0.236. The van der Waals surface area contributed by atoms with Crippen LogP contribution in [0.5, 0.6) is 40.2 Å². The molecule has 194 valence electrons. The fourth-order valence-corrected chi connectivity index (χ4v) is 4.59. The Labute approximate surface area is 210 Å². The molecule has 4 rings (SSSR count). The monoisotopic (exact) mass is 530 g/mol. The first-order valence-electron chi connectivity index (χ1n) is 10.6. The van der Waals surface area contributed by atoms with Gasteiger partial charge in [-0.25, -0.2) is 0 Å². The van der Waals surface area contributed by atoms with E-state index in [1.807, 2.05) is 6.92 Å². The van der Waals surface area contributed by atoms with Gasteiger partial charge in [0.1, 0.15) is 10.3 Å². The molecule has 0 aliphatic rings. The molecule has 0 aliphatic heterocycles. The summed E-state index contributed by atoms with van der Waals surface area (Å²) in [6.45, 7) is 1.82. The van der Waals surface area contributed by atoms with Crippen molar-refractivity contribution in [2.75, 3.05) is 21.3 Å². The van der Waals surface area contributed by atoms with Crippen LogP contribution >= 0.6 is 0 Å². The Hall–Kier alpha value is -4.58. The standard InChI is InChI=1S/C25H22O11S/c1-12-5-8-14(9-6-12)37(30,31)36-15-10-7-13(11-16(15)32-2)22-24(33-3)19(27)17-18(26)20(28)21(29)25(34-4)23(17)35-22/h5-11,26,28-29H,1-4H3. The Morgan fingerprint density at radius 2 is 1.43 bits per heavy atom. The van der Waals surface area contributed by atoms with E-state index < -0.39 is 43.9 Å². The lowest BCUT2D eigenvalue weighted by atomic mass is 10.1. The van der Waals surface area contributed by atoms with Crippen LogP contribution in [0.4, 0.5) is 0 Å². The van der Waals surface area contributed by atoms with Gasteiger partial charge in [-0.05, 0) is 37.3 Å². The number of methoxy groups -OCH3 is 3. The lowest BCUT2D eigenvalue weighted by Gasteiger charge is -2.15. The highest BCUT2D eigenvalue weighted by atomic mass is 32.2. The van der Waals surface area contributed by atoms with E-state index in [2.05, 4.69) is 0 Å². The molecule has 1 heterocycles. The summed E-state index contributed by atoms with van der Waals surface area (Å²) in [7, 11) is -0.535. The van der Waals surface area contributed by atoms with Gasteiger partial charge in [0.25, 0.3) is 0 Å². The van der Waals surface area contributed by atoms with Gasteiger partial charge in [-0.3, -0.25) is 4.79 Å². The molecule has 0 saturated heterocycles. The second kappa shape index (κ2) is 9.47. The molecule has 12 heteroatoms. The number of phenolic OH excluding ortho intramolecular Hbond substituents is 3. The minimum absolute atomic E-state index is 0.0126. The van der Waals surface area contributed by atoms with Crippen molar-refractivity contribution >= 4 is 21.1 Å². The third kappa shape index (κ3) is 4.31. The van der Waals surface area contributed by atoms with E-state index in [1.165, 1.54) is 51.7 Å². The van der Waals surface area contributed by atoms with Crippen LogP contribution in [0.3, 0.4) is 0 Å². The summed E-state index contributed by atoms with van der Waals surface area (Å²) in [5.41, 5.74) is -0.162. The number of fused-ring (bicyclic) bond motifs is 1. The van der Waals surface area contributed by atoms with Crippen molar-refractivity contribution in [3.63, 3.8) is 0 Å². The van der Waals surface area contributed by atoms with Gasteiger partial charge in [-0.2, -0.15) is 8.42 Å². The summed E-state index contributed by atoms with van der Waals surface area (Å²) in [6, 6.07) is 10.1. The molecule has 0 unspecified atom stereocenters. The summed E-state index contributed by atoms with van der Waals surface area (Å²) in [5, 5.41) is 30.0. The molecule has 0 atom stereocenters. The van der Waals surface area contributed by atoms with Crippen molar-refractivity contribution < 1.29 is 46.5 Å². The molecule has 0 aliphatic carbocycles. The molecular formula is C25H22O11S. The van der Waals surface area contributed by atoms with E-state index >= 15 is 0 Å². The predicted octanol–water partition coefficient (Wildman–Crippen LogP) is 3.68. The Balaban J connectivity index is 1.88. The molecular weight excluding hydrogens is 508 g/mol. The van der Waals surface area contributed by atoms with Crippen molar-refractivity contribution in [2.24, 2.45) is 0 Å². The number of hydrogen-bond donors (Lipinski definition) is 3. The van der Waals surface area contributed by atoms with E-state index in [-0.39, 0.29) is 39.1 Å². The Morgan fingerprint density at radius 1 is 0.784 bits per heavy atom. The van der Waals surface area contributed by atoms with Crippen molar-refractivity contribution in [1.29, 1.82) is 0 Å². The minimum atomic E-state index is -4.19. The second-order valence-corrected chi connectivity index (χ2v) is 9.34. The first-order valence-corrected chi connectivity index (χ1v) is 12.0. The number of aryl methyl sites for hydroxylation is 1.